The molecule has 4 aromatic rings. The summed E-state index contributed by atoms with van der Waals surface area (Å²) >= 11 is 0. The Kier molecular flexibility index (Phi) is 1.86. The summed E-state index contributed by atoms with van der Waals surface area (Å²) in [7, 11) is 0. The Labute approximate surface area is 104 Å². The van der Waals surface area contributed by atoms with Crippen LogP contribution >= 0.6 is 0 Å². The molecular weight excluding hydrogens is 220 g/mol. The highest BCUT2D eigenvalue weighted by molar-refractivity contribution is 5.84. The number of hydrogen-bond donors (Lipinski definition) is 0. The Bertz CT molecular complexity index is 875. The molecule has 4 rings (SSSR count). The van der Waals surface area contributed by atoms with Gasteiger partial charge in [0.1, 0.15) is 11.7 Å². The lowest BCUT2D eigenvalue weighted by molar-refractivity contribution is -0.482. The molecular formula is C16H11N2+. The van der Waals surface area contributed by atoms with Crippen molar-refractivity contribution in [2.45, 2.75) is 0 Å². The van der Waals surface area contributed by atoms with Crippen molar-refractivity contribution in [3.63, 3.8) is 0 Å². The van der Waals surface area contributed by atoms with Crippen LogP contribution in [0.1, 0.15) is 0 Å². The van der Waals surface area contributed by atoms with Gasteiger partial charge in [-0.15, -0.1) is 0 Å². The molecule has 84 valence electrons. The fourth-order valence-corrected chi connectivity index (χ4v) is 2.42. The van der Waals surface area contributed by atoms with Crippen molar-refractivity contribution in [3.8, 4) is 0 Å². The SMILES string of the molecule is c1ccc2c[n+]3c(cc2c1)ncc1ccccc13. The standard InChI is InChI=1S/C16H11N2/c1-2-7-14-11-18-15-8-4-3-6-13(15)10-17-16(18)9-12(14)5-1/h1-11H/q+1. The maximum Gasteiger partial charge on any atom is 0.328 e. The van der Waals surface area contributed by atoms with E-state index in [1.165, 1.54) is 16.3 Å². The Morgan fingerprint density at radius 3 is 2.39 bits per heavy atom. The summed E-state index contributed by atoms with van der Waals surface area (Å²) in [6, 6.07) is 18.8. The second-order valence-electron chi connectivity index (χ2n) is 4.45. The number of aromatic nitrogens is 2. The summed E-state index contributed by atoms with van der Waals surface area (Å²) < 4.78 is 2.15. The molecule has 0 amide bonds. The van der Waals surface area contributed by atoms with E-state index in [9.17, 15) is 0 Å². The molecule has 0 N–H and O–H groups in total. The molecule has 2 nitrogen and oxygen atoms in total. The first-order valence-electron chi connectivity index (χ1n) is 6.00. The zero-order valence-corrected chi connectivity index (χ0v) is 9.75. The quantitative estimate of drug-likeness (QED) is 0.258. The van der Waals surface area contributed by atoms with Crippen LogP contribution in [0.2, 0.25) is 0 Å². The third-order valence-electron chi connectivity index (χ3n) is 3.33. The predicted octanol–water partition coefficient (Wildman–Crippen LogP) is 3.13. The molecule has 0 saturated heterocycles. The van der Waals surface area contributed by atoms with Crippen molar-refractivity contribution in [2.75, 3.05) is 0 Å². The summed E-state index contributed by atoms with van der Waals surface area (Å²) in [6.07, 6.45) is 4.08. The zero-order chi connectivity index (χ0) is 11.9. The zero-order valence-electron chi connectivity index (χ0n) is 9.75. The summed E-state index contributed by atoms with van der Waals surface area (Å²) in [6.45, 7) is 0. The van der Waals surface area contributed by atoms with Crippen LogP contribution in [0.25, 0.3) is 27.3 Å². The van der Waals surface area contributed by atoms with E-state index in [0.29, 0.717) is 0 Å². The van der Waals surface area contributed by atoms with Crippen LogP contribution in [-0.4, -0.2) is 4.98 Å². The number of benzene rings is 2. The van der Waals surface area contributed by atoms with Crippen LogP contribution in [0.5, 0.6) is 0 Å². The monoisotopic (exact) mass is 231 g/mol. The number of nitrogens with zero attached hydrogens (tertiary/aromatic N) is 2. The van der Waals surface area contributed by atoms with Gasteiger partial charge >= 0.3 is 5.65 Å². The van der Waals surface area contributed by atoms with E-state index in [4.69, 9.17) is 0 Å². The largest absolute Gasteiger partial charge is 0.328 e. The van der Waals surface area contributed by atoms with E-state index in [0.717, 1.165) is 11.0 Å². The first kappa shape index (κ1) is 9.54. The summed E-state index contributed by atoms with van der Waals surface area (Å²) in [5.41, 5.74) is 2.17. The van der Waals surface area contributed by atoms with Gasteiger partial charge in [-0.05, 0) is 22.5 Å². The van der Waals surface area contributed by atoms with Gasteiger partial charge in [-0.25, -0.2) is 0 Å². The van der Waals surface area contributed by atoms with Gasteiger partial charge in [-0.3, -0.25) is 0 Å². The van der Waals surface area contributed by atoms with Crippen LogP contribution in [-0.2, 0) is 0 Å². The van der Waals surface area contributed by atoms with Crippen LogP contribution in [0.15, 0.2) is 67.0 Å². The van der Waals surface area contributed by atoms with Gasteiger partial charge in [0.25, 0.3) is 0 Å². The lowest BCUT2D eigenvalue weighted by Crippen LogP contribution is -2.23. The predicted molar refractivity (Wildman–Crippen MR) is 72.4 cm³/mol. The molecule has 2 heterocycles. The minimum absolute atomic E-state index is 0.979. The minimum atomic E-state index is 0.979. The minimum Gasteiger partial charge on any atom is -0.195 e. The molecule has 0 aliphatic heterocycles. The molecule has 2 aromatic heterocycles. The molecule has 0 aliphatic rings. The Balaban J connectivity index is 2.27. The third-order valence-corrected chi connectivity index (χ3v) is 3.33. The highest BCUT2D eigenvalue weighted by Crippen LogP contribution is 2.15. The first-order chi connectivity index (χ1) is 8.92. The van der Waals surface area contributed by atoms with Crippen molar-refractivity contribution in [2.24, 2.45) is 0 Å². The summed E-state index contributed by atoms with van der Waals surface area (Å²) in [5, 5.41) is 3.61. The van der Waals surface area contributed by atoms with Crippen molar-refractivity contribution >= 4 is 27.3 Å². The maximum absolute atomic E-state index is 4.52. The number of hydrogen-bond acceptors (Lipinski definition) is 1. The molecule has 2 aromatic carbocycles. The second kappa shape index (κ2) is 3.50. The van der Waals surface area contributed by atoms with Crippen LogP contribution in [0.4, 0.5) is 0 Å². The topological polar surface area (TPSA) is 17.0 Å². The molecule has 0 saturated carbocycles. The summed E-state index contributed by atoms with van der Waals surface area (Å²) in [4.78, 5) is 4.52. The van der Waals surface area contributed by atoms with E-state index in [1.54, 1.807) is 0 Å². The molecule has 2 heteroatoms. The molecule has 0 fully saturated rings. The number of pyridine rings is 1. The third kappa shape index (κ3) is 1.29. The van der Waals surface area contributed by atoms with Gasteiger partial charge in [0.15, 0.2) is 6.20 Å². The van der Waals surface area contributed by atoms with Gasteiger partial charge in [-0.1, -0.05) is 36.4 Å². The lowest BCUT2D eigenvalue weighted by Gasteiger charge is -2.00. The first-order valence-corrected chi connectivity index (χ1v) is 6.00. The van der Waals surface area contributed by atoms with Crippen LogP contribution < -0.4 is 4.40 Å². The van der Waals surface area contributed by atoms with Crippen molar-refractivity contribution in [3.05, 3.63) is 67.0 Å². The molecule has 0 unspecified atom stereocenters. The van der Waals surface area contributed by atoms with E-state index in [2.05, 4.69) is 64.1 Å². The van der Waals surface area contributed by atoms with E-state index in [1.807, 2.05) is 12.3 Å². The fraction of sp³-hybridized carbons (Fsp3) is 0. The lowest BCUT2D eigenvalue weighted by atomic mass is 10.1. The molecule has 0 aliphatic carbocycles. The molecule has 0 bridgehead atoms. The van der Waals surface area contributed by atoms with Crippen molar-refractivity contribution in [1.82, 2.24) is 4.98 Å². The van der Waals surface area contributed by atoms with Gasteiger partial charge in [0, 0.05) is 11.5 Å². The van der Waals surface area contributed by atoms with Gasteiger partial charge in [0.05, 0.1) is 5.39 Å². The molecule has 0 radical (unpaired) electrons. The number of para-hydroxylation sites is 1. The normalized spacial score (nSPS) is 11.3. The number of fused-ring (bicyclic) bond motifs is 4. The molecule has 0 spiro atoms. The summed E-state index contributed by atoms with van der Waals surface area (Å²) in [5.74, 6) is 0. The van der Waals surface area contributed by atoms with Crippen molar-refractivity contribution < 1.29 is 4.40 Å². The van der Waals surface area contributed by atoms with Crippen LogP contribution in [0.3, 0.4) is 0 Å². The highest BCUT2D eigenvalue weighted by atomic mass is 15.0. The van der Waals surface area contributed by atoms with E-state index < -0.39 is 0 Å². The highest BCUT2D eigenvalue weighted by Gasteiger charge is 2.09. The van der Waals surface area contributed by atoms with Crippen LogP contribution in [0, 0.1) is 0 Å². The smallest absolute Gasteiger partial charge is 0.195 e. The van der Waals surface area contributed by atoms with E-state index >= 15 is 0 Å². The Morgan fingerprint density at radius 2 is 1.50 bits per heavy atom. The average molecular weight is 231 g/mol. The average Bonchev–Trinajstić information content (AvgIpc) is 2.45. The van der Waals surface area contributed by atoms with Crippen molar-refractivity contribution in [1.29, 1.82) is 0 Å². The second-order valence-corrected chi connectivity index (χ2v) is 4.45. The van der Waals surface area contributed by atoms with Gasteiger partial charge in [0.2, 0.25) is 0 Å². The maximum atomic E-state index is 4.52. The number of rotatable bonds is 0. The Hall–Kier alpha value is -2.48. The molecule has 0 atom stereocenters. The van der Waals surface area contributed by atoms with E-state index in [-0.39, 0.29) is 0 Å². The molecule has 18 heavy (non-hydrogen) atoms. The fourth-order valence-electron chi connectivity index (χ4n) is 2.42. The van der Waals surface area contributed by atoms with Gasteiger partial charge in [-0.2, -0.15) is 4.40 Å². The Morgan fingerprint density at radius 1 is 0.778 bits per heavy atom. The van der Waals surface area contributed by atoms with Gasteiger partial charge < -0.3 is 0 Å².